The molecule has 5 heteroatoms. The molecule has 0 saturated heterocycles. The number of hydrogen-bond donors (Lipinski definition) is 1. The summed E-state index contributed by atoms with van der Waals surface area (Å²) in [7, 11) is 0. The number of unbranched alkanes of at least 4 members (excludes halogenated alkanes) is 11. The first-order chi connectivity index (χ1) is 14.6. The smallest absolute Gasteiger partial charge is 0.408 e. The quantitative estimate of drug-likeness (QED) is 0.170. The normalized spacial score (nSPS) is 14.8. The first-order valence-electron chi connectivity index (χ1n) is 12.2. The van der Waals surface area contributed by atoms with Crippen molar-refractivity contribution in [2.75, 3.05) is 13.2 Å². The molecule has 0 unspecified atom stereocenters. The lowest BCUT2D eigenvalue weighted by atomic mass is 9.98. The van der Waals surface area contributed by atoms with E-state index < -0.39 is 11.6 Å². The lowest BCUT2D eigenvalue weighted by molar-refractivity contribution is -0.151. The standard InChI is InChI=1S/C25H43NO4/c1-3-5-7-8-9-10-11-12-13-14-15-18-22-29-23(27)25(19-16-17-20-25)26-24(28)30-21-6-4-2/h2H,3,5-22H2,1H3,(H,26,28). The highest BCUT2D eigenvalue weighted by Crippen LogP contribution is 2.31. The van der Waals surface area contributed by atoms with Gasteiger partial charge in [-0.3, -0.25) is 0 Å². The number of carbonyl (C=O) groups is 2. The zero-order chi connectivity index (χ0) is 21.9. The zero-order valence-electron chi connectivity index (χ0n) is 19.1. The molecule has 0 bridgehead atoms. The van der Waals surface area contributed by atoms with Crippen molar-refractivity contribution in [3.63, 3.8) is 0 Å². The van der Waals surface area contributed by atoms with Crippen molar-refractivity contribution in [2.24, 2.45) is 0 Å². The van der Waals surface area contributed by atoms with Gasteiger partial charge in [0, 0.05) is 6.42 Å². The summed E-state index contributed by atoms with van der Waals surface area (Å²) in [6.45, 7) is 2.84. The fourth-order valence-electron chi connectivity index (χ4n) is 4.04. The van der Waals surface area contributed by atoms with Crippen molar-refractivity contribution in [2.45, 2.75) is 122 Å². The monoisotopic (exact) mass is 421 g/mol. The van der Waals surface area contributed by atoms with Crippen molar-refractivity contribution >= 4 is 12.1 Å². The van der Waals surface area contributed by atoms with E-state index in [0.717, 1.165) is 25.7 Å². The van der Waals surface area contributed by atoms with Crippen LogP contribution in [0.4, 0.5) is 4.79 Å². The van der Waals surface area contributed by atoms with Crippen LogP contribution < -0.4 is 5.32 Å². The number of nitrogens with one attached hydrogen (secondary N) is 1. The third-order valence-corrected chi connectivity index (χ3v) is 5.90. The van der Waals surface area contributed by atoms with Crippen LogP contribution in [0, 0.1) is 12.3 Å². The Morgan fingerprint density at radius 2 is 1.37 bits per heavy atom. The molecule has 0 aliphatic heterocycles. The molecule has 5 nitrogen and oxygen atoms in total. The number of carbonyl (C=O) groups excluding carboxylic acids is 2. The fourth-order valence-corrected chi connectivity index (χ4v) is 4.04. The van der Waals surface area contributed by atoms with Crippen LogP contribution in [-0.4, -0.2) is 30.8 Å². The molecule has 0 aromatic rings. The molecule has 0 aromatic carbocycles. The summed E-state index contributed by atoms with van der Waals surface area (Å²) < 4.78 is 10.5. The second kappa shape index (κ2) is 17.0. The molecule has 0 radical (unpaired) electrons. The van der Waals surface area contributed by atoms with Gasteiger partial charge in [-0.25, -0.2) is 9.59 Å². The van der Waals surface area contributed by atoms with Gasteiger partial charge in [0.15, 0.2) is 0 Å². The van der Waals surface area contributed by atoms with E-state index in [2.05, 4.69) is 18.2 Å². The number of hydrogen-bond acceptors (Lipinski definition) is 4. The molecule has 1 fully saturated rings. The molecule has 30 heavy (non-hydrogen) atoms. The summed E-state index contributed by atoms with van der Waals surface area (Å²) in [4.78, 5) is 24.6. The van der Waals surface area contributed by atoms with Gasteiger partial charge in [-0.15, -0.1) is 12.3 Å². The predicted octanol–water partition coefficient (Wildman–Crippen LogP) is 6.29. The molecule has 172 valence electrons. The summed E-state index contributed by atoms with van der Waals surface area (Å²) >= 11 is 0. The molecule has 1 saturated carbocycles. The average Bonchev–Trinajstić information content (AvgIpc) is 3.21. The Bertz CT molecular complexity index is 506. The summed E-state index contributed by atoms with van der Waals surface area (Å²) in [5.41, 5.74) is -0.926. The summed E-state index contributed by atoms with van der Waals surface area (Å²) in [5.74, 6) is 2.10. The van der Waals surface area contributed by atoms with Gasteiger partial charge in [0.2, 0.25) is 0 Å². The van der Waals surface area contributed by atoms with Crippen LogP contribution in [-0.2, 0) is 14.3 Å². The van der Waals surface area contributed by atoms with E-state index in [1.165, 1.54) is 64.2 Å². The molecule has 0 atom stereocenters. The third kappa shape index (κ3) is 11.5. The van der Waals surface area contributed by atoms with Crippen LogP contribution in [0.25, 0.3) is 0 Å². The van der Waals surface area contributed by atoms with E-state index in [1.807, 2.05) is 0 Å². The Morgan fingerprint density at radius 3 is 1.90 bits per heavy atom. The average molecular weight is 422 g/mol. The first kappa shape index (κ1) is 26.3. The molecule has 1 amide bonds. The van der Waals surface area contributed by atoms with Gasteiger partial charge in [-0.2, -0.15) is 0 Å². The minimum atomic E-state index is -0.926. The Hall–Kier alpha value is -1.70. The van der Waals surface area contributed by atoms with Crippen molar-refractivity contribution in [3.05, 3.63) is 0 Å². The highest BCUT2D eigenvalue weighted by molar-refractivity contribution is 5.86. The third-order valence-electron chi connectivity index (χ3n) is 5.90. The summed E-state index contributed by atoms with van der Waals surface area (Å²) in [6, 6.07) is 0. The molecule has 1 aliphatic carbocycles. The molecule has 0 spiro atoms. The van der Waals surface area contributed by atoms with Gasteiger partial charge in [0.05, 0.1) is 6.61 Å². The van der Waals surface area contributed by atoms with Crippen molar-refractivity contribution in [3.8, 4) is 12.3 Å². The zero-order valence-corrected chi connectivity index (χ0v) is 19.1. The fraction of sp³-hybridized carbons (Fsp3) is 0.840. The van der Waals surface area contributed by atoms with Crippen molar-refractivity contribution in [1.82, 2.24) is 5.32 Å². The highest BCUT2D eigenvalue weighted by atomic mass is 16.6. The number of esters is 1. The molecule has 0 heterocycles. The second-order valence-corrected chi connectivity index (χ2v) is 8.53. The van der Waals surface area contributed by atoms with Gasteiger partial charge in [-0.05, 0) is 19.3 Å². The number of alkyl carbamates (subject to hydrolysis) is 1. The second-order valence-electron chi connectivity index (χ2n) is 8.53. The van der Waals surface area contributed by atoms with Crippen LogP contribution in [0.5, 0.6) is 0 Å². The van der Waals surface area contributed by atoms with Gasteiger partial charge in [0.1, 0.15) is 12.1 Å². The summed E-state index contributed by atoms with van der Waals surface area (Å²) in [5, 5.41) is 2.74. The van der Waals surface area contributed by atoms with E-state index in [1.54, 1.807) is 0 Å². The molecule has 1 rings (SSSR count). The van der Waals surface area contributed by atoms with E-state index in [4.69, 9.17) is 15.9 Å². The van der Waals surface area contributed by atoms with E-state index in [-0.39, 0.29) is 12.6 Å². The first-order valence-corrected chi connectivity index (χ1v) is 12.2. The van der Waals surface area contributed by atoms with Crippen LogP contribution in [0.3, 0.4) is 0 Å². The summed E-state index contributed by atoms with van der Waals surface area (Å²) in [6.07, 6.45) is 23.2. The maximum Gasteiger partial charge on any atom is 0.408 e. The molecule has 0 aromatic heterocycles. The largest absolute Gasteiger partial charge is 0.464 e. The van der Waals surface area contributed by atoms with Gasteiger partial charge in [0.25, 0.3) is 0 Å². The van der Waals surface area contributed by atoms with Crippen molar-refractivity contribution in [1.29, 1.82) is 0 Å². The van der Waals surface area contributed by atoms with Gasteiger partial charge >= 0.3 is 12.1 Å². The van der Waals surface area contributed by atoms with Crippen molar-refractivity contribution < 1.29 is 19.1 Å². The van der Waals surface area contributed by atoms with E-state index in [0.29, 0.717) is 25.9 Å². The minimum Gasteiger partial charge on any atom is -0.464 e. The number of terminal acetylenes is 1. The topological polar surface area (TPSA) is 64.6 Å². The van der Waals surface area contributed by atoms with Crippen LogP contribution in [0.2, 0.25) is 0 Å². The van der Waals surface area contributed by atoms with E-state index in [9.17, 15) is 9.59 Å². The molecular weight excluding hydrogens is 378 g/mol. The Morgan fingerprint density at radius 1 is 0.833 bits per heavy atom. The molecule has 1 aliphatic rings. The van der Waals surface area contributed by atoms with E-state index >= 15 is 0 Å². The Balaban J connectivity index is 2.08. The maximum absolute atomic E-state index is 12.6. The lowest BCUT2D eigenvalue weighted by Crippen LogP contribution is -2.53. The van der Waals surface area contributed by atoms with Crippen LogP contribution >= 0.6 is 0 Å². The lowest BCUT2D eigenvalue weighted by Gasteiger charge is -2.27. The number of ether oxygens (including phenoxy) is 2. The SMILES string of the molecule is C#CCCOC(=O)NC1(C(=O)OCCCCCCCCCCCCCC)CCCC1. The van der Waals surface area contributed by atoms with Gasteiger partial charge in [-0.1, -0.05) is 90.4 Å². The Labute approximate surface area is 184 Å². The Kier molecular flexibility index (Phi) is 14.9. The van der Waals surface area contributed by atoms with Crippen LogP contribution in [0.1, 0.15) is 116 Å². The minimum absolute atomic E-state index is 0.159. The van der Waals surface area contributed by atoms with Gasteiger partial charge < -0.3 is 14.8 Å². The number of rotatable bonds is 17. The van der Waals surface area contributed by atoms with Crippen LogP contribution in [0.15, 0.2) is 0 Å². The number of amides is 1. The molecule has 1 N–H and O–H groups in total. The maximum atomic E-state index is 12.6. The highest BCUT2D eigenvalue weighted by Gasteiger charge is 2.44. The molecular formula is C25H43NO4. The predicted molar refractivity (Wildman–Crippen MR) is 121 cm³/mol.